The van der Waals surface area contributed by atoms with Gasteiger partial charge in [-0.25, -0.2) is 0 Å². The second kappa shape index (κ2) is 13.1. The molecule has 0 aliphatic rings. The van der Waals surface area contributed by atoms with Crippen LogP contribution in [0.25, 0.3) is 0 Å². The fraction of sp³-hybridized carbons (Fsp3) is 0.233. The van der Waals surface area contributed by atoms with Crippen LogP contribution in [0.3, 0.4) is 0 Å². The molecule has 1 N–H and O–H groups in total. The molecule has 1 heterocycles. The van der Waals surface area contributed by atoms with E-state index in [-0.39, 0.29) is 18.3 Å². The van der Waals surface area contributed by atoms with E-state index in [1.54, 1.807) is 55.6 Å². The Morgan fingerprint density at radius 3 is 2.03 bits per heavy atom. The lowest BCUT2D eigenvalue weighted by atomic mass is 10.2. The highest BCUT2D eigenvalue weighted by Crippen LogP contribution is 2.29. The van der Waals surface area contributed by atoms with Crippen molar-refractivity contribution in [2.45, 2.75) is 27.1 Å². The Kier molecular flexibility index (Phi) is 9.12. The van der Waals surface area contributed by atoms with Crippen LogP contribution >= 0.6 is 0 Å². The van der Waals surface area contributed by atoms with E-state index >= 15 is 0 Å². The van der Waals surface area contributed by atoms with Crippen LogP contribution in [0.4, 0.5) is 5.69 Å². The molecule has 0 aliphatic carbocycles. The first kappa shape index (κ1) is 26.5. The van der Waals surface area contributed by atoms with Crippen molar-refractivity contribution in [2.75, 3.05) is 25.6 Å². The summed E-state index contributed by atoms with van der Waals surface area (Å²) in [6.07, 6.45) is 0. The second-order valence-electron chi connectivity index (χ2n) is 8.14. The molecule has 0 bridgehead atoms. The Morgan fingerprint density at radius 1 is 0.711 bits per heavy atom. The summed E-state index contributed by atoms with van der Waals surface area (Å²) in [6, 6.07) is 23.4. The van der Waals surface area contributed by atoms with Gasteiger partial charge in [0.25, 0.3) is 5.91 Å². The average Bonchev–Trinajstić information content (AvgIpc) is 3.43. The third-order valence-corrected chi connectivity index (χ3v) is 5.45. The summed E-state index contributed by atoms with van der Waals surface area (Å²) in [5.74, 6) is 3.88. The van der Waals surface area contributed by atoms with Gasteiger partial charge in [-0.15, -0.1) is 0 Å². The largest absolute Gasteiger partial charge is 0.497 e. The fourth-order valence-corrected chi connectivity index (χ4v) is 3.58. The Morgan fingerprint density at radius 2 is 1.34 bits per heavy atom. The number of hydrogen-bond acceptors (Lipinski definition) is 7. The number of ether oxygens (including phenoxy) is 5. The van der Waals surface area contributed by atoms with E-state index < -0.39 is 0 Å². The Labute approximate surface area is 222 Å². The maximum Gasteiger partial charge on any atom is 0.291 e. The predicted octanol–water partition coefficient (Wildman–Crippen LogP) is 6.50. The normalized spacial score (nSPS) is 10.5. The van der Waals surface area contributed by atoms with E-state index in [2.05, 4.69) is 5.32 Å². The molecule has 4 aromatic rings. The van der Waals surface area contributed by atoms with Crippen LogP contribution in [0.5, 0.6) is 28.7 Å². The van der Waals surface area contributed by atoms with Crippen molar-refractivity contribution in [3.63, 3.8) is 0 Å². The van der Waals surface area contributed by atoms with Crippen molar-refractivity contribution in [3.8, 4) is 28.7 Å². The zero-order valence-electron chi connectivity index (χ0n) is 21.7. The van der Waals surface area contributed by atoms with Crippen molar-refractivity contribution >= 4 is 11.6 Å². The number of hydrogen-bond donors (Lipinski definition) is 1. The molecular formula is C30H31NO7. The number of furan rings is 1. The molecule has 4 rings (SSSR count). The van der Waals surface area contributed by atoms with Crippen LogP contribution in [-0.4, -0.2) is 26.2 Å². The summed E-state index contributed by atoms with van der Waals surface area (Å²) in [4.78, 5) is 12.6. The van der Waals surface area contributed by atoms with Gasteiger partial charge in [-0.05, 0) is 92.2 Å². The molecular weight excluding hydrogens is 486 g/mol. The van der Waals surface area contributed by atoms with Gasteiger partial charge in [0.15, 0.2) is 17.3 Å². The Balaban J connectivity index is 1.27. The molecule has 0 unspecified atom stereocenters. The van der Waals surface area contributed by atoms with Crippen molar-refractivity contribution < 1.29 is 32.9 Å². The van der Waals surface area contributed by atoms with Crippen molar-refractivity contribution in [1.29, 1.82) is 0 Å². The number of benzene rings is 3. The lowest BCUT2D eigenvalue weighted by molar-refractivity contribution is 0.0992. The second-order valence-corrected chi connectivity index (χ2v) is 8.14. The topological polar surface area (TPSA) is 88.4 Å². The minimum atomic E-state index is -0.354. The summed E-state index contributed by atoms with van der Waals surface area (Å²) in [6.45, 7) is 5.55. The number of nitrogens with one attached hydrogen (secondary N) is 1. The lowest BCUT2D eigenvalue weighted by Gasteiger charge is -2.13. The maximum absolute atomic E-state index is 12.6. The first-order chi connectivity index (χ1) is 18.6. The first-order valence-electron chi connectivity index (χ1n) is 12.4. The zero-order chi connectivity index (χ0) is 26.7. The SMILES string of the molecule is CCOc1ccc(COc2ccc(NC(=O)c3ccc(COc4ccc(OC)cc4)o3)cc2)cc1OCC. The minimum Gasteiger partial charge on any atom is -0.497 e. The molecule has 8 nitrogen and oxygen atoms in total. The van der Waals surface area contributed by atoms with E-state index in [1.165, 1.54) is 0 Å². The molecule has 0 saturated heterocycles. The molecule has 1 amide bonds. The third kappa shape index (κ3) is 7.22. The monoisotopic (exact) mass is 517 g/mol. The minimum absolute atomic E-state index is 0.194. The van der Waals surface area contributed by atoms with Crippen molar-refractivity contribution in [2.24, 2.45) is 0 Å². The smallest absolute Gasteiger partial charge is 0.291 e. The maximum atomic E-state index is 12.6. The van der Waals surface area contributed by atoms with Crippen LogP contribution in [0.2, 0.25) is 0 Å². The van der Waals surface area contributed by atoms with E-state index in [0.29, 0.717) is 54.3 Å². The van der Waals surface area contributed by atoms with Crippen molar-refractivity contribution in [1.82, 2.24) is 0 Å². The summed E-state index contributed by atoms with van der Waals surface area (Å²) in [7, 11) is 1.61. The summed E-state index contributed by atoms with van der Waals surface area (Å²) in [5, 5.41) is 2.83. The lowest BCUT2D eigenvalue weighted by Crippen LogP contribution is -2.10. The molecule has 3 aromatic carbocycles. The first-order valence-corrected chi connectivity index (χ1v) is 12.4. The van der Waals surface area contributed by atoms with Gasteiger partial charge in [0, 0.05) is 5.69 Å². The number of rotatable bonds is 13. The average molecular weight is 518 g/mol. The molecule has 0 fully saturated rings. The third-order valence-electron chi connectivity index (χ3n) is 5.45. The predicted molar refractivity (Wildman–Crippen MR) is 144 cm³/mol. The van der Waals surface area contributed by atoms with Gasteiger partial charge in [-0.2, -0.15) is 0 Å². The summed E-state index contributed by atoms with van der Waals surface area (Å²) in [5.41, 5.74) is 1.58. The Hall–Kier alpha value is -4.59. The molecule has 1 aromatic heterocycles. The van der Waals surface area contributed by atoms with Crippen LogP contribution < -0.4 is 29.0 Å². The zero-order valence-corrected chi connectivity index (χ0v) is 21.7. The van der Waals surface area contributed by atoms with Gasteiger partial charge in [-0.1, -0.05) is 6.07 Å². The number of methoxy groups -OCH3 is 1. The molecule has 0 radical (unpaired) electrons. The molecule has 38 heavy (non-hydrogen) atoms. The van der Waals surface area contributed by atoms with E-state index in [4.69, 9.17) is 28.1 Å². The number of amides is 1. The molecule has 0 spiro atoms. The van der Waals surface area contributed by atoms with Crippen LogP contribution in [0.15, 0.2) is 83.3 Å². The van der Waals surface area contributed by atoms with E-state index in [1.807, 2.05) is 44.2 Å². The van der Waals surface area contributed by atoms with E-state index in [9.17, 15) is 4.79 Å². The standard InChI is InChI=1S/C30H31NO7/c1-4-34-27-16-6-21(18-29(27)35-5-2)19-36-24-9-7-22(8-10-24)31-30(32)28-17-15-26(38-28)20-37-25-13-11-23(33-3)12-14-25/h6-18H,4-5,19-20H2,1-3H3,(H,31,32). The van der Waals surface area contributed by atoms with Crippen LogP contribution in [0, 0.1) is 0 Å². The van der Waals surface area contributed by atoms with Gasteiger partial charge in [0.1, 0.15) is 36.2 Å². The highest BCUT2D eigenvalue weighted by Gasteiger charge is 2.13. The number of carbonyl (C=O) groups excluding carboxylic acids is 1. The fourth-order valence-electron chi connectivity index (χ4n) is 3.58. The molecule has 198 valence electrons. The highest BCUT2D eigenvalue weighted by atomic mass is 16.5. The summed E-state index contributed by atoms with van der Waals surface area (Å²) >= 11 is 0. The number of anilines is 1. The van der Waals surface area contributed by atoms with Gasteiger partial charge >= 0.3 is 0 Å². The van der Waals surface area contributed by atoms with E-state index in [0.717, 1.165) is 11.3 Å². The highest BCUT2D eigenvalue weighted by molar-refractivity contribution is 6.02. The van der Waals surface area contributed by atoms with Gasteiger partial charge in [0.05, 0.1) is 20.3 Å². The van der Waals surface area contributed by atoms with Crippen molar-refractivity contribution in [3.05, 3.63) is 95.9 Å². The molecule has 8 heteroatoms. The van der Waals surface area contributed by atoms with Crippen LogP contribution in [0.1, 0.15) is 35.7 Å². The summed E-state index contributed by atoms with van der Waals surface area (Å²) < 4.78 is 33.7. The Bertz CT molecular complexity index is 1310. The van der Waals surface area contributed by atoms with Crippen LogP contribution in [-0.2, 0) is 13.2 Å². The van der Waals surface area contributed by atoms with Gasteiger partial charge in [0.2, 0.25) is 0 Å². The molecule has 0 aliphatic heterocycles. The number of carbonyl (C=O) groups is 1. The van der Waals surface area contributed by atoms with Gasteiger partial charge < -0.3 is 33.4 Å². The molecule has 0 atom stereocenters. The van der Waals surface area contributed by atoms with Gasteiger partial charge in [-0.3, -0.25) is 4.79 Å². The molecule has 0 saturated carbocycles. The quantitative estimate of drug-likeness (QED) is 0.217.